The highest BCUT2D eigenvalue weighted by Gasteiger charge is 2.30. The molecule has 0 bridgehead atoms. The highest BCUT2D eigenvalue weighted by atomic mass is 16.5. The van der Waals surface area contributed by atoms with Crippen LogP contribution in [0.2, 0.25) is 0 Å². The summed E-state index contributed by atoms with van der Waals surface area (Å²) in [5.74, 6) is -0.121. The Bertz CT molecular complexity index is 448. The molecule has 0 saturated carbocycles. The maximum atomic E-state index is 12.1. The molecule has 1 heterocycles. The minimum Gasteiger partial charge on any atom is -0.464 e. The molecule has 0 saturated heterocycles. The Morgan fingerprint density at radius 1 is 1.26 bits per heavy atom. The summed E-state index contributed by atoms with van der Waals surface area (Å²) in [5.41, 5.74) is 2.30. The SMILES string of the molecule is CCOC(=O)C(CC)N1CCN(C)c2ccccc21. The van der Waals surface area contributed by atoms with Crippen molar-refractivity contribution in [1.29, 1.82) is 0 Å². The summed E-state index contributed by atoms with van der Waals surface area (Å²) >= 11 is 0. The maximum absolute atomic E-state index is 12.1. The van der Waals surface area contributed by atoms with Gasteiger partial charge >= 0.3 is 5.97 Å². The molecule has 0 spiro atoms. The fourth-order valence-electron chi connectivity index (χ4n) is 2.60. The number of anilines is 2. The third-order valence-electron chi connectivity index (χ3n) is 3.60. The molecule has 0 amide bonds. The first-order valence-corrected chi connectivity index (χ1v) is 6.92. The number of esters is 1. The molecule has 0 aliphatic carbocycles. The number of fused-ring (bicyclic) bond motifs is 1. The van der Waals surface area contributed by atoms with Crippen LogP contribution in [0.15, 0.2) is 24.3 Å². The van der Waals surface area contributed by atoms with E-state index < -0.39 is 0 Å². The Kier molecular flexibility index (Phi) is 4.30. The molecule has 0 aromatic heterocycles. The van der Waals surface area contributed by atoms with Gasteiger partial charge < -0.3 is 14.5 Å². The van der Waals surface area contributed by atoms with Gasteiger partial charge in [0.15, 0.2) is 0 Å². The lowest BCUT2D eigenvalue weighted by Gasteiger charge is -2.40. The number of hydrogen-bond acceptors (Lipinski definition) is 4. The van der Waals surface area contributed by atoms with Gasteiger partial charge in [0.25, 0.3) is 0 Å². The van der Waals surface area contributed by atoms with Crippen molar-refractivity contribution in [2.75, 3.05) is 36.5 Å². The van der Waals surface area contributed by atoms with E-state index in [1.165, 1.54) is 5.69 Å². The van der Waals surface area contributed by atoms with Crippen molar-refractivity contribution in [3.63, 3.8) is 0 Å². The van der Waals surface area contributed by atoms with Crippen LogP contribution in [0.1, 0.15) is 20.3 Å². The van der Waals surface area contributed by atoms with Crippen LogP contribution >= 0.6 is 0 Å². The Hall–Kier alpha value is -1.71. The summed E-state index contributed by atoms with van der Waals surface area (Å²) in [6.07, 6.45) is 0.761. The highest BCUT2D eigenvalue weighted by molar-refractivity contribution is 5.84. The summed E-state index contributed by atoms with van der Waals surface area (Å²) in [4.78, 5) is 16.5. The van der Waals surface area contributed by atoms with Crippen molar-refractivity contribution in [2.24, 2.45) is 0 Å². The van der Waals surface area contributed by atoms with Crippen molar-refractivity contribution >= 4 is 17.3 Å². The van der Waals surface area contributed by atoms with Gasteiger partial charge in [-0.3, -0.25) is 0 Å². The smallest absolute Gasteiger partial charge is 0.328 e. The zero-order valence-corrected chi connectivity index (χ0v) is 11.9. The van der Waals surface area contributed by atoms with E-state index in [0.717, 1.165) is 25.2 Å². The lowest BCUT2D eigenvalue weighted by atomic mass is 10.1. The zero-order chi connectivity index (χ0) is 13.8. The molecule has 0 fully saturated rings. The normalized spacial score (nSPS) is 15.9. The van der Waals surface area contributed by atoms with Crippen molar-refractivity contribution in [3.05, 3.63) is 24.3 Å². The quantitative estimate of drug-likeness (QED) is 0.779. The van der Waals surface area contributed by atoms with Crippen LogP contribution in [0, 0.1) is 0 Å². The third kappa shape index (κ3) is 2.67. The number of para-hydroxylation sites is 2. The Balaban J connectivity index is 2.30. The molecule has 1 aromatic rings. The molecule has 4 nitrogen and oxygen atoms in total. The Morgan fingerprint density at radius 3 is 2.58 bits per heavy atom. The van der Waals surface area contributed by atoms with Gasteiger partial charge in [-0.1, -0.05) is 19.1 Å². The second kappa shape index (κ2) is 5.95. The van der Waals surface area contributed by atoms with Gasteiger partial charge in [-0.15, -0.1) is 0 Å². The third-order valence-corrected chi connectivity index (χ3v) is 3.60. The van der Waals surface area contributed by atoms with E-state index in [1.807, 2.05) is 26.0 Å². The van der Waals surface area contributed by atoms with E-state index in [9.17, 15) is 4.79 Å². The minimum absolute atomic E-state index is 0.121. The van der Waals surface area contributed by atoms with Gasteiger partial charge in [0.05, 0.1) is 18.0 Å². The van der Waals surface area contributed by atoms with Crippen LogP contribution in [0.5, 0.6) is 0 Å². The van der Waals surface area contributed by atoms with Gasteiger partial charge in [-0.25, -0.2) is 4.79 Å². The average Bonchev–Trinajstić information content (AvgIpc) is 2.43. The number of rotatable bonds is 4. The molecule has 2 rings (SSSR count). The molecule has 104 valence electrons. The summed E-state index contributed by atoms with van der Waals surface area (Å²) in [5, 5.41) is 0. The van der Waals surface area contributed by atoms with E-state index in [2.05, 4.69) is 29.0 Å². The summed E-state index contributed by atoms with van der Waals surface area (Å²) in [7, 11) is 2.08. The second-order valence-electron chi connectivity index (χ2n) is 4.78. The summed E-state index contributed by atoms with van der Waals surface area (Å²) < 4.78 is 5.20. The fourth-order valence-corrected chi connectivity index (χ4v) is 2.60. The molecule has 0 N–H and O–H groups in total. The predicted octanol–water partition coefficient (Wildman–Crippen LogP) is 2.28. The molecule has 1 aromatic carbocycles. The van der Waals surface area contributed by atoms with Crippen LogP contribution < -0.4 is 9.80 Å². The first kappa shape index (κ1) is 13.7. The maximum Gasteiger partial charge on any atom is 0.328 e. The average molecular weight is 262 g/mol. The monoisotopic (exact) mass is 262 g/mol. The number of carbonyl (C=O) groups excluding carboxylic acids is 1. The van der Waals surface area contributed by atoms with Crippen molar-refractivity contribution < 1.29 is 9.53 Å². The number of nitrogens with zero attached hydrogens (tertiary/aromatic N) is 2. The lowest BCUT2D eigenvalue weighted by Crippen LogP contribution is -2.48. The molecule has 1 aliphatic heterocycles. The first-order valence-electron chi connectivity index (χ1n) is 6.92. The Labute approximate surface area is 115 Å². The standard InChI is InChI=1S/C15H22N2O2/c1-4-12(15(18)19-5-2)17-11-10-16(3)13-8-6-7-9-14(13)17/h6-9,12H,4-5,10-11H2,1-3H3. The molecule has 4 heteroatoms. The van der Waals surface area contributed by atoms with Gasteiger partial charge in [0, 0.05) is 20.1 Å². The van der Waals surface area contributed by atoms with Crippen LogP contribution in [-0.4, -0.2) is 38.8 Å². The highest BCUT2D eigenvalue weighted by Crippen LogP contribution is 2.33. The fraction of sp³-hybridized carbons (Fsp3) is 0.533. The topological polar surface area (TPSA) is 32.8 Å². The summed E-state index contributed by atoms with van der Waals surface area (Å²) in [6.45, 7) is 6.09. The van der Waals surface area contributed by atoms with Gasteiger partial charge in [0.1, 0.15) is 6.04 Å². The van der Waals surface area contributed by atoms with E-state index in [4.69, 9.17) is 4.74 Å². The minimum atomic E-state index is -0.185. The molecule has 0 radical (unpaired) electrons. The van der Waals surface area contributed by atoms with Crippen molar-refractivity contribution in [3.8, 4) is 0 Å². The molecule has 1 aliphatic rings. The lowest BCUT2D eigenvalue weighted by molar-refractivity contribution is -0.144. The van der Waals surface area contributed by atoms with Gasteiger partial charge in [0.2, 0.25) is 0 Å². The number of hydrogen-bond donors (Lipinski definition) is 0. The molecule has 1 atom stereocenters. The molecular weight excluding hydrogens is 240 g/mol. The number of benzene rings is 1. The first-order chi connectivity index (χ1) is 9.19. The van der Waals surface area contributed by atoms with Gasteiger partial charge in [-0.05, 0) is 25.5 Å². The molecular formula is C15H22N2O2. The van der Waals surface area contributed by atoms with Crippen LogP contribution in [0.25, 0.3) is 0 Å². The number of carbonyl (C=O) groups is 1. The van der Waals surface area contributed by atoms with E-state index in [1.54, 1.807) is 0 Å². The van der Waals surface area contributed by atoms with Crippen LogP contribution in [0.4, 0.5) is 11.4 Å². The van der Waals surface area contributed by atoms with E-state index >= 15 is 0 Å². The predicted molar refractivity (Wildman–Crippen MR) is 77.8 cm³/mol. The van der Waals surface area contributed by atoms with Crippen LogP contribution in [0.3, 0.4) is 0 Å². The van der Waals surface area contributed by atoms with Gasteiger partial charge in [-0.2, -0.15) is 0 Å². The molecule has 1 unspecified atom stereocenters. The number of likely N-dealkylation sites (N-methyl/N-ethyl adjacent to an activating group) is 1. The molecule has 19 heavy (non-hydrogen) atoms. The van der Waals surface area contributed by atoms with Crippen molar-refractivity contribution in [2.45, 2.75) is 26.3 Å². The largest absolute Gasteiger partial charge is 0.464 e. The summed E-state index contributed by atoms with van der Waals surface area (Å²) in [6, 6.07) is 8.04. The number of ether oxygens (including phenoxy) is 1. The van der Waals surface area contributed by atoms with Crippen molar-refractivity contribution in [1.82, 2.24) is 0 Å². The Morgan fingerprint density at radius 2 is 1.95 bits per heavy atom. The van der Waals surface area contributed by atoms with E-state index in [0.29, 0.717) is 6.61 Å². The zero-order valence-electron chi connectivity index (χ0n) is 11.9. The van der Waals surface area contributed by atoms with Crippen LogP contribution in [-0.2, 0) is 9.53 Å². The van der Waals surface area contributed by atoms with E-state index in [-0.39, 0.29) is 12.0 Å². The second-order valence-corrected chi connectivity index (χ2v) is 4.78.